The number of piperazine rings is 1. The first kappa shape index (κ1) is 20.7. The van der Waals surface area contributed by atoms with Crippen molar-refractivity contribution >= 4 is 11.8 Å². The molecule has 1 amide bonds. The molecule has 0 saturated carbocycles. The summed E-state index contributed by atoms with van der Waals surface area (Å²) in [4.78, 5) is 22.2. The second kappa shape index (κ2) is 8.57. The zero-order valence-corrected chi connectivity index (χ0v) is 16.7. The number of benzene rings is 1. The van der Waals surface area contributed by atoms with Crippen LogP contribution in [0.25, 0.3) is 0 Å². The zero-order chi connectivity index (χ0) is 21.1. The molecule has 1 aliphatic heterocycles. The predicted molar refractivity (Wildman–Crippen MR) is 102 cm³/mol. The third-order valence-electron chi connectivity index (χ3n) is 5.21. The Kier molecular flexibility index (Phi) is 6.13. The number of halogens is 2. The number of aryl methyl sites for hydroxylation is 1. The number of rotatable bonds is 5. The van der Waals surface area contributed by atoms with Crippen molar-refractivity contribution in [1.29, 1.82) is 5.26 Å². The van der Waals surface area contributed by atoms with Crippen molar-refractivity contribution in [3.63, 3.8) is 0 Å². The number of likely N-dealkylation sites (N-methyl/N-ethyl adjacent to an activating group) is 1. The Labute approximate surface area is 168 Å². The maximum Gasteiger partial charge on any atom is 0.236 e. The summed E-state index contributed by atoms with van der Waals surface area (Å²) in [5.74, 6) is -0.955. The van der Waals surface area contributed by atoms with Gasteiger partial charge in [0.05, 0.1) is 6.54 Å². The number of nitriles is 1. The summed E-state index contributed by atoms with van der Waals surface area (Å²) < 4.78 is 32.1. The van der Waals surface area contributed by atoms with Gasteiger partial charge in [-0.05, 0) is 31.7 Å². The SMILES string of the molecule is Cc1nc(C#N)c(N2CCN(C(=O)CN(C)C(C)c3ccc(F)c(F)c3)CC2)o1. The van der Waals surface area contributed by atoms with Gasteiger partial charge in [0.15, 0.2) is 17.5 Å². The van der Waals surface area contributed by atoms with Crippen LogP contribution in [0.5, 0.6) is 0 Å². The summed E-state index contributed by atoms with van der Waals surface area (Å²) in [7, 11) is 1.77. The Morgan fingerprint density at radius 2 is 2.00 bits per heavy atom. The number of anilines is 1. The Morgan fingerprint density at radius 1 is 1.31 bits per heavy atom. The Bertz CT molecular complexity index is 931. The largest absolute Gasteiger partial charge is 0.424 e. The van der Waals surface area contributed by atoms with Crippen LogP contribution in [0.4, 0.5) is 14.7 Å². The van der Waals surface area contributed by atoms with Crippen molar-refractivity contribution in [1.82, 2.24) is 14.8 Å². The van der Waals surface area contributed by atoms with Gasteiger partial charge in [-0.2, -0.15) is 5.26 Å². The standard InChI is InChI=1S/C20H23F2N5O2/c1-13(15-4-5-16(21)17(22)10-15)25(3)12-19(28)26-6-8-27(9-7-26)20-18(11-23)24-14(2)29-20/h4-5,10,13H,6-9,12H2,1-3H3. The minimum absolute atomic E-state index is 0.0455. The molecule has 0 bridgehead atoms. The lowest BCUT2D eigenvalue weighted by atomic mass is 10.1. The molecule has 0 spiro atoms. The van der Waals surface area contributed by atoms with Crippen LogP contribution < -0.4 is 4.90 Å². The summed E-state index contributed by atoms with van der Waals surface area (Å²) in [6, 6.07) is 5.56. The smallest absolute Gasteiger partial charge is 0.236 e. The third-order valence-corrected chi connectivity index (χ3v) is 5.21. The van der Waals surface area contributed by atoms with Crippen LogP contribution in [0.3, 0.4) is 0 Å². The van der Waals surface area contributed by atoms with Gasteiger partial charge in [-0.25, -0.2) is 13.8 Å². The molecule has 1 saturated heterocycles. The third kappa shape index (κ3) is 4.54. The second-order valence-electron chi connectivity index (χ2n) is 7.13. The quantitative estimate of drug-likeness (QED) is 0.763. The fourth-order valence-corrected chi connectivity index (χ4v) is 3.34. The number of carbonyl (C=O) groups excluding carboxylic acids is 1. The normalized spacial score (nSPS) is 15.5. The maximum absolute atomic E-state index is 13.5. The van der Waals surface area contributed by atoms with E-state index in [1.807, 2.05) is 17.9 Å². The highest BCUT2D eigenvalue weighted by atomic mass is 19.2. The minimum atomic E-state index is -0.899. The molecule has 1 aromatic carbocycles. The summed E-state index contributed by atoms with van der Waals surface area (Å²) in [5.41, 5.74) is 0.858. The van der Waals surface area contributed by atoms with Crippen LogP contribution in [0.2, 0.25) is 0 Å². The van der Waals surface area contributed by atoms with E-state index in [0.29, 0.717) is 43.5 Å². The Morgan fingerprint density at radius 3 is 2.62 bits per heavy atom. The monoisotopic (exact) mass is 403 g/mol. The van der Waals surface area contributed by atoms with Crippen LogP contribution in [0.15, 0.2) is 22.6 Å². The summed E-state index contributed by atoms with van der Waals surface area (Å²) in [5, 5.41) is 9.17. The van der Waals surface area contributed by atoms with E-state index in [1.165, 1.54) is 6.07 Å². The van der Waals surface area contributed by atoms with Crippen LogP contribution in [-0.4, -0.2) is 60.5 Å². The number of hydrogen-bond acceptors (Lipinski definition) is 6. The average molecular weight is 403 g/mol. The van der Waals surface area contributed by atoms with Crippen LogP contribution >= 0.6 is 0 Å². The molecule has 1 unspecified atom stereocenters. The minimum Gasteiger partial charge on any atom is -0.424 e. The molecule has 1 atom stereocenters. The van der Waals surface area contributed by atoms with E-state index >= 15 is 0 Å². The fourth-order valence-electron chi connectivity index (χ4n) is 3.34. The lowest BCUT2D eigenvalue weighted by Crippen LogP contribution is -2.51. The van der Waals surface area contributed by atoms with Gasteiger partial charge in [-0.3, -0.25) is 9.69 Å². The van der Waals surface area contributed by atoms with Crippen molar-refractivity contribution < 1.29 is 18.0 Å². The van der Waals surface area contributed by atoms with Crippen LogP contribution in [-0.2, 0) is 4.79 Å². The molecule has 7 nitrogen and oxygen atoms in total. The molecule has 0 N–H and O–H groups in total. The molecule has 0 radical (unpaired) electrons. The molecular formula is C20H23F2N5O2. The highest BCUT2D eigenvalue weighted by Gasteiger charge is 2.27. The number of aromatic nitrogens is 1. The van der Waals surface area contributed by atoms with Crippen molar-refractivity contribution in [2.75, 3.05) is 44.7 Å². The molecular weight excluding hydrogens is 380 g/mol. The van der Waals surface area contributed by atoms with Crippen LogP contribution in [0, 0.1) is 29.9 Å². The first-order valence-electron chi connectivity index (χ1n) is 9.35. The van der Waals surface area contributed by atoms with Gasteiger partial charge in [0.1, 0.15) is 6.07 Å². The van der Waals surface area contributed by atoms with Gasteiger partial charge in [-0.1, -0.05) is 6.07 Å². The van der Waals surface area contributed by atoms with E-state index in [1.54, 1.807) is 23.8 Å². The number of amides is 1. The zero-order valence-electron chi connectivity index (χ0n) is 16.7. The van der Waals surface area contributed by atoms with E-state index in [0.717, 1.165) is 12.1 Å². The van der Waals surface area contributed by atoms with Crippen molar-refractivity contribution in [2.45, 2.75) is 19.9 Å². The number of carbonyl (C=O) groups is 1. The number of nitrogens with zero attached hydrogens (tertiary/aromatic N) is 5. The van der Waals surface area contributed by atoms with Crippen molar-refractivity contribution in [2.24, 2.45) is 0 Å². The van der Waals surface area contributed by atoms with Crippen molar-refractivity contribution in [3.05, 3.63) is 47.0 Å². The van der Waals surface area contributed by atoms with Gasteiger partial charge in [0.2, 0.25) is 17.5 Å². The number of hydrogen-bond donors (Lipinski definition) is 0. The average Bonchev–Trinajstić information content (AvgIpc) is 3.10. The van der Waals surface area contributed by atoms with Gasteiger partial charge in [-0.15, -0.1) is 0 Å². The van der Waals surface area contributed by atoms with Gasteiger partial charge < -0.3 is 14.2 Å². The van der Waals surface area contributed by atoms with Crippen molar-refractivity contribution in [3.8, 4) is 6.07 Å². The summed E-state index contributed by atoms with van der Waals surface area (Å²) in [6.45, 7) is 5.76. The molecule has 154 valence electrons. The van der Waals surface area contributed by atoms with E-state index in [-0.39, 0.29) is 24.2 Å². The molecule has 1 aliphatic rings. The van der Waals surface area contributed by atoms with Gasteiger partial charge in [0.25, 0.3) is 0 Å². The highest BCUT2D eigenvalue weighted by Crippen LogP contribution is 2.23. The van der Waals surface area contributed by atoms with E-state index < -0.39 is 11.6 Å². The topological polar surface area (TPSA) is 76.6 Å². The maximum atomic E-state index is 13.5. The lowest BCUT2D eigenvalue weighted by Gasteiger charge is -2.36. The molecule has 2 aromatic rings. The van der Waals surface area contributed by atoms with E-state index in [4.69, 9.17) is 9.68 Å². The predicted octanol–water partition coefficient (Wildman–Crippen LogP) is 2.47. The lowest BCUT2D eigenvalue weighted by molar-refractivity contribution is -0.132. The molecule has 3 rings (SSSR count). The number of oxazole rings is 1. The summed E-state index contributed by atoms with van der Waals surface area (Å²) >= 11 is 0. The van der Waals surface area contributed by atoms with Gasteiger partial charge in [0, 0.05) is 39.1 Å². The Balaban J connectivity index is 1.56. The second-order valence-corrected chi connectivity index (χ2v) is 7.13. The molecule has 2 heterocycles. The van der Waals surface area contributed by atoms with E-state index in [9.17, 15) is 13.6 Å². The highest BCUT2D eigenvalue weighted by molar-refractivity contribution is 5.78. The first-order chi connectivity index (χ1) is 13.8. The molecule has 1 aromatic heterocycles. The first-order valence-corrected chi connectivity index (χ1v) is 9.35. The van der Waals surface area contributed by atoms with Crippen LogP contribution in [0.1, 0.15) is 30.1 Å². The molecule has 0 aliphatic carbocycles. The van der Waals surface area contributed by atoms with E-state index in [2.05, 4.69) is 4.98 Å². The van der Waals surface area contributed by atoms with Gasteiger partial charge >= 0.3 is 0 Å². The fraction of sp³-hybridized carbons (Fsp3) is 0.450. The molecule has 9 heteroatoms. The Hall–Kier alpha value is -2.99. The summed E-state index contributed by atoms with van der Waals surface area (Å²) in [6.07, 6.45) is 0. The molecule has 1 fully saturated rings. The molecule has 29 heavy (non-hydrogen) atoms.